The maximum Gasteiger partial charge on any atom is 0.315 e. The minimum absolute atomic E-state index is 0.0408. The van der Waals surface area contributed by atoms with E-state index in [1.807, 2.05) is 34.6 Å². The highest BCUT2D eigenvalue weighted by Crippen LogP contribution is 2.65. The number of unbranched alkanes of at least 4 members (excludes halogenated alkanes) is 3. The van der Waals surface area contributed by atoms with Gasteiger partial charge in [0, 0.05) is 44.2 Å². The number of hydrogen-bond acceptors (Lipinski definition) is 11. The lowest BCUT2D eigenvalue weighted by Gasteiger charge is -2.38. The molecule has 350 valence electrons. The fourth-order valence-corrected chi connectivity index (χ4v) is 9.63. The molecular weight excluding hydrogens is 827 g/mol. The molecule has 1 aromatic rings. The molecule has 0 aromatic heterocycles. The van der Waals surface area contributed by atoms with Crippen LogP contribution in [0.15, 0.2) is 18.2 Å². The molecule has 5 aliphatic rings. The van der Waals surface area contributed by atoms with Gasteiger partial charge in [-0.25, -0.2) is 4.79 Å². The molecule has 18 nitrogen and oxygen atoms in total. The van der Waals surface area contributed by atoms with Crippen molar-refractivity contribution in [3.05, 3.63) is 29.3 Å². The Morgan fingerprint density at radius 2 is 1.64 bits per heavy atom. The first-order valence-corrected chi connectivity index (χ1v) is 22.6. The molecule has 1 saturated carbocycles. The Labute approximate surface area is 374 Å². The number of likely N-dealkylation sites (tertiary alicyclic amines) is 1. The highest BCUT2D eigenvalue weighted by Gasteiger charge is 2.70. The molecule has 6 rings (SSSR count). The molecule has 4 aliphatic heterocycles. The summed E-state index contributed by atoms with van der Waals surface area (Å²) in [6, 6.07) is 0.566. The number of amides is 9. The number of hydrogen-bond donors (Lipinski definition) is 5. The molecule has 7 atom stereocenters. The zero-order valence-electron chi connectivity index (χ0n) is 38.1. The summed E-state index contributed by atoms with van der Waals surface area (Å²) in [6.07, 6.45) is 5.22. The highest BCUT2D eigenvalue weighted by atomic mass is 16.5. The Morgan fingerprint density at radius 3 is 2.30 bits per heavy atom. The van der Waals surface area contributed by atoms with E-state index in [9.17, 15) is 43.2 Å². The Kier molecular flexibility index (Phi) is 14.6. The summed E-state index contributed by atoms with van der Waals surface area (Å²) in [5, 5.41) is 13.7. The Bertz CT molecular complexity index is 2030. The van der Waals surface area contributed by atoms with Gasteiger partial charge in [0.2, 0.25) is 29.5 Å². The Balaban J connectivity index is 0.905. The second-order valence-corrected chi connectivity index (χ2v) is 20.2. The third kappa shape index (κ3) is 10.6. The number of fused-ring (bicyclic) bond motifs is 2. The van der Waals surface area contributed by atoms with Crippen molar-refractivity contribution in [1.82, 2.24) is 36.4 Å². The third-order valence-electron chi connectivity index (χ3n) is 13.5. The number of imide groups is 2. The van der Waals surface area contributed by atoms with Crippen LogP contribution >= 0.6 is 0 Å². The summed E-state index contributed by atoms with van der Waals surface area (Å²) in [6.45, 7) is 15.5. The molecule has 9 amide bonds. The van der Waals surface area contributed by atoms with Gasteiger partial charge in [0.25, 0.3) is 11.8 Å². The average molecular weight is 892 g/mol. The molecule has 4 fully saturated rings. The maximum atomic E-state index is 14.3. The lowest BCUT2D eigenvalue weighted by atomic mass is 9.85. The molecule has 1 aliphatic carbocycles. The summed E-state index contributed by atoms with van der Waals surface area (Å²) >= 11 is 0. The van der Waals surface area contributed by atoms with Crippen LogP contribution in [0.4, 0.5) is 4.79 Å². The van der Waals surface area contributed by atoms with Crippen molar-refractivity contribution >= 4 is 53.7 Å². The maximum absolute atomic E-state index is 14.3. The summed E-state index contributed by atoms with van der Waals surface area (Å²) < 4.78 is 11.8. The van der Waals surface area contributed by atoms with E-state index in [1.165, 1.54) is 6.07 Å². The lowest BCUT2D eigenvalue weighted by Crippen LogP contribution is -2.62. The number of nitrogens with zero attached hydrogens (tertiary/aromatic N) is 2. The Morgan fingerprint density at radius 1 is 0.922 bits per heavy atom. The largest absolute Gasteiger partial charge is 0.493 e. The van der Waals surface area contributed by atoms with E-state index in [1.54, 1.807) is 17.0 Å². The number of nitrogens with one attached hydrogen (secondary N) is 5. The molecule has 3 saturated heterocycles. The summed E-state index contributed by atoms with van der Waals surface area (Å²) in [5.41, 5.74) is -1.27. The number of urea groups is 1. The first-order chi connectivity index (χ1) is 30.2. The fraction of sp³-hybridized carbons (Fsp3) is 0.674. The number of piperidine rings is 2. The topological polar surface area (TPSA) is 239 Å². The van der Waals surface area contributed by atoms with Crippen molar-refractivity contribution in [2.45, 2.75) is 136 Å². The van der Waals surface area contributed by atoms with Gasteiger partial charge in [-0.05, 0) is 93.6 Å². The van der Waals surface area contributed by atoms with Gasteiger partial charge in [0.15, 0.2) is 0 Å². The van der Waals surface area contributed by atoms with Gasteiger partial charge >= 0.3 is 6.03 Å². The first kappa shape index (κ1) is 48.1. The van der Waals surface area contributed by atoms with Crippen molar-refractivity contribution in [1.29, 1.82) is 0 Å². The van der Waals surface area contributed by atoms with Gasteiger partial charge in [0.05, 0.1) is 23.8 Å². The first-order valence-electron chi connectivity index (χ1n) is 22.6. The van der Waals surface area contributed by atoms with Gasteiger partial charge in [-0.2, -0.15) is 0 Å². The molecule has 4 heterocycles. The zero-order valence-corrected chi connectivity index (χ0v) is 38.1. The highest BCUT2D eigenvalue weighted by molar-refractivity contribution is 6.24. The second kappa shape index (κ2) is 19.4. The van der Waals surface area contributed by atoms with Gasteiger partial charge in [0.1, 0.15) is 30.2 Å². The second-order valence-electron chi connectivity index (χ2n) is 20.2. The number of benzene rings is 1. The van der Waals surface area contributed by atoms with Crippen LogP contribution in [0.5, 0.6) is 5.75 Å². The normalized spacial score (nSPS) is 24.6. The van der Waals surface area contributed by atoms with Crippen LogP contribution in [0, 0.1) is 28.6 Å². The molecule has 7 unspecified atom stereocenters. The molecular formula is C46H65N7O11. The monoisotopic (exact) mass is 891 g/mol. The summed E-state index contributed by atoms with van der Waals surface area (Å²) in [4.78, 5) is 119. The average Bonchev–Trinajstić information content (AvgIpc) is 3.62. The summed E-state index contributed by atoms with van der Waals surface area (Å²) in [7, 11) is 0. The standard InChI is InChI=1S/C46H65N7O11/c1-44(2,3)36(42(61)52-24-29-34(46(29,6)7)35(52)39(58)48-27(25-54)23-26-17-19-47-37(26)56)50-43(62)51-45(4,5)18-22-63-20-10-8-9-11-21-64-31-14-12-13-28-33(31)41(60)53(40(28)59)30-15-16-32(55)49-38(30)57/h12-14,25-27,29-30,34-36H,8-11,15-24H2,1-7H3,(H,47,56)(H,48,58)(H,49,55,57)(H2,50,51,62). The number of aldehydes is 1. The predicted molar refractivity (Wildman–Crippen MR) is 231 cm³/mol. The molecule has 0 bridgehead atoms. The van der Waals surface area contributed by atoms with Crippen molar-refractivity contribution in [3.63, 3.8) is 0 Å². The van der Waals surface area contributed by atoms with E-state index in [2.05, 4.69) is 40.4 Å². The van der Waals surface area contributed by atoms with E-state index in [0.717, 1.165) is 24.2 Å². The van der Waals surface area contributed by atoms with Crippen LogP contribution in [0.3, 0.4) is 0 Å². The number of rotatable bonds is 20. The van der Waals surface area contributed by atoms with Gasteiger partial charge in [-0.1, -0.05) is 47.1 Å². The molecule has 0 spiro atoms. The Hall–Kier alpha value is -5.39. The van der Waals surface area contributed by atoms with E-state index in [0.29, 0.717) is 58.5 Å². The quantitative estimate of drug-likeness (QED) is 0.0725. The number of carbonyl (C=O) groups excluding carboxylic acids is 9. The van der Waals surface area contributed by atoms with Crippen LogP contribution in [0.2, 0.25) is 0 Å². The SMILES string of the molecule is CC(C)(CCOCCCCCCOc1cccc2c1C(=O)N(C1CCC(=O)NC1=O)C2=O)NC(=O)NC(C(=O)N1CC2C(C1C(=O)NC(C=O)CC1CCNC1=O)C2(C)C)C(C)(C)C. The van der Waals surface area contributed by atoms with E-state index in [4.69, 9.17) is 9.47 Å². The zero-order chi connectivity index (χ0) is 46.7. The van der Waals surface area contributed by atoms with E-state index in [-0.39, 0.29) is 71.1 Å². The predicted octanol–water partition coefficient (Wildman–Crippen LogP) is 2.62. The van der Waals surface area contributed by atoms with Crippen LogP contribution in [0.25, 0.3) is 0 Å². The third-order valence-corrected chi connectivity index (χ3v) is 13.5. The summed E-state index contributed by atoms with van der Waals surface area (Å²) in [5.74, 6) is -3.33. The van der Waals surface area contributed by atoms with E-state index >= 15 is 0 Å². The van der Waals surface area contributed by atoms with Crippen molar-refractivity contribution in [2.75, 3.05) is 32.9 Å². The molecule has 0 radical (unpaired) electrons. The fourth-order valence-electron chi connectivity index (χ4n) is 9.63. The number of carbonyl (C=O) groups is 9. The molecule has 1 aromatic carbocycles. The minimum Gasteiger partial charge on any atom is -0.493 e. The molecule has 18 heteroatoms. The van der Waals surface area contributed by atoms with Crippen LogP contribution in [0.1, 0.15) is 127 Å². The molecule has 5 N–H and O–H groups in total. The number of ether oxygens (including phenoxy) is 2. The van der Waals surface area contributed by atoms with Crippen molar-refractivity contribution in [2.24, 2.45) is 28.6 Å². The van der Waals surface area contributed by atoms with Crippen LogP contribution in [-0.4, -0.2) is 126 Å². The van der Waals surface area contributed by atoms with Crippen LogP contribution in [-0.2, 0) is 33.5 Å². The van der Waals surface area contributed by atoms with Gasteiger partial charge in [-0.3, -0.25) is 43.8 Å². The van der Waals surface area contributed by atoms with Gasteiger partial charge in [-0.15, -0.1) is 0 Å². The van der Waals surface area contributed by atoms with Crippen LogP contribution < -0.4 is 31.3 Å². The van der Waals surface area contributed by atoms with Gasteiger partial charge < -0.3 is 40.4 Å². The lowest BCUT2D eigenvalue weighted by molar-refractivity contribution is -0.144. The van der Waals surface area contributed by atoms with E-state index < -0.39 is 70.7 Å². The van der Waals surface area contributed by atoms with Crippen molar-refractivity contribution in [3.8, 4) is 5.75 Å². The van der Waals surface area contributed by atoms with Crippen molar-refractivity contribution < 1.29 is 52.6 Å². The smallest absolute Gasteiger partial charge is 0.315 e. The molecule has 64 heavy (non-hydrogen) atoms. The minimum atomic E-state index is -1.05.